The summed E-state index contributed by atoms with van der Waals surface area (Å²) in [6.45, 7) is -20.3. The van der Waals surface area contributed by atoms with Crippen LogP contribution in [0.15, 0.2) is 0 Å². The van der Waals surface area contributed by atoms with Gasteiger partial charge in [0.15, 0.2) is 0 Å². The molecule has 530 valence electrons. The zero-order chi connectivity index (χ0) is 71.2. The molecule has 0 saturated heterocycles. The summed E-state index contributed by atoms with van der Waals surface area (Å²) >= 11 is 0. The molecular formula is C18H60N6O48P16. The van der Waals surface area contributed by atoms with Gasteiger partial charge in [-0.05, 0) is 0 Å². The number of rotatable bonds is 39. The molecule has 88 heavy (non-hydrogen) atoms. The van der Waals surface area contributed by atoms with Gasteiger partial charge in [-0.2, -0.15) is 0 Å². The van der Waals surface area contributed by atoms with Crippen LogP contribution in [0.3, 0.4) is 0 Å². The van der Waals surface area contributed by atoms with E-state index in [0.717, 1.165) is 0 Å². The molecule has 0 rings (SSSR count). The first kappa shape index (κ1) is 90.2. The highest BCUT2D eigenvalue weighted by molar-refractivity contribution is 7.75. The van der Waals surface area contributed by atoms with Crippen LogP contribution in [0.4, 0.5) is 0 Å². The molecule has 0 bridgehead atoms. The summed E-state index contributed by atoms with van der Waals surface area (Å²) in [6.07, 6.45) is 0. The Morgan fingerprint density at radius 2 is 0.216 bits per heavy atom. The van der Waals surface area contributed by atoms with E-state index in [0.29, 0.717) is 0 Å². The summed E-state index contributed by atoms with van der Waals surface area (Å²) in [6, 6.07) is 0. The smallest absolute Gasteiger partial charge is 0.323 e. The molecule has 0 aromatic rings. The average molecular weight is 1620 g/mol. The average Bonchev–Trinajstić information content (AvgIpc) is 3.11. The normalized spacial score (nSPS) is 15.8. The molecule has 0 saturated carbocycles. The molecule has 0 aromatic heterocycles. The minimum atomic E-state index is -6.89. The summed E-state index contributed by atoms with van der Waals surface area (Å²) in [5, 5.41) is 0. The summed E-state index contributed by atoms with van der Waals surface area (Å²) in [5.74, 6) is 0. The van der Waals surface area contributed by atoms with Crippen molar-refractivity contribution >= 4 is 122 Å². The predicted molar refractivity (Wildman–Crippen MR) is 283 cm³/mol. The van der Waals surface area contributed by atoms with Gasteiger partial charge in [-0.1, -0.05) is 0 Å². The molecule has 0 amide bonds. The van der Waals surface area contributed by atoms with Gasteiger partial charge in [0, 0.05) is 65.4 Å². The van der Waals surface area contributed by atoms with Crippen LogP contribution < -0.4 is 0 Å². The maximum absolute atomic E-state index is 12.7. The second-order valence-electron chi connectivity index (χ2n) is 17.8. The molecule has 0 heterocycles. The van der Waals surface area contributed by atoms with Crippen LogP contribution in [0.1, 0.15) is 0 Å². The van der Waals surface area contributed by atoms with Crippen LogP contribution in [-0.4, -0.2) is 296 Å². The lowest BCUT2D eigenvalue weighted by atomic mass is 10.3. The van der Waals surface area contributed by atoms with Crippen LogP contribution in [0.2, 0.25) is 0 Å². The third-order valence-electron chi connectivity index (χ3n) is 10.6. The molecule has 0 spiro atoms. The van der Waals surface area contributed by atoms with Crippen molar-refractivity contribution in [2.24, 2.45) is 0 Å². The molecule has 0 radical (unpaired) electrons. The fourth-order valence-corrected chi connectivity index (χ4v) is 32.4. The van der Waals surface area contributed by atoms with Crippen LogP contribution in [0, 0.1) is 0 Å². The SMILES string of the molecule is O=P(O)(O)C(N(CCN(CCN(CCN(C(P(=O)(O)O)P(=O)(O)O)C(P(=O)(O)O)P(=O)(O)O)CCN(C(P(=O)(O)O)P(=O)(O)O)C(P(=O)(O)O)P(=O)(O)O)CCN(C(P(=O)(O)O)P(=O)(O)O)C(P(=O)(O)O)P(=O)(O)O)C(P(=O)(O)O)P(=O)(O)O)P(=O)(O)O. The van der Waals surface area contributed by atoms with E-state index in [4.69, 9.17) is 0 Å². The first-order valence-electron chi connectivity index (χ1n) is 21.2. The Bertz CT molecular complexity index is 2440. The first-order chi connectivity index (χ1) is 37.9. The molecule has 0 unspecified atom stereocenters. The van der Waals surface area contributed by atoms with E-state index >= 15 is 0 Å². The van der Waals surface area contributed by atoms with Crippen LogP contribution in [0.25, 0.3) is 0 Å². The third-order valence-corrected chi connectivity index (χ3v) is 39.4. The molecule has 0 aliphatic carbocycles. The van der Waals surface area contributed by atoms with Crippen molar-refractivity contribution in [2.45, 2.75) is 44.2 Å². The minimum absolute atomic E-state index is 0.0213. The third kappa shape index (κ3) is 27.8. The molecule has 0 aromatic carbocycles. The Morgan fingerprint density at radius 3 is 0.284 bits per heavy atom. The number of hydrogen-bond acceptors (Lipinski definition) is 22. The molecule has 0 atom stereocenters. The second kappa shape index (κ2) is 30.7. The van der Waals surface area contributed by atoms with E-state index in [1.54, 1.807) is 0 Å². The van der Waals surface area contributed by atoms with E-state index in [1.165, 1.54) is 0 Å². The van der Waals surface area contributed by atoms with Gasteiger partial charge < -0.3 is 157 Å². The van der Waals surface area contributed by atoms with Gasteiger partial charge in [0.1, 0.15) is 0 Å². The maximum atomic E-state index is 12.7. The highest BCUT2D eigenvalue weighted by Crippen LogP contribution is 2.73. The monoisotopic (exact) mass is 1620 g/mol. The van der Waals surface area contributed by atoms with Gasteiger partial charge in [-0.3, -0.25) is 102 Å². The Labute approximate surface area is 488 Å². The van der Waals surface area contributed by atoms with Crippen molar-refractivity contribution in [3.05, 3.63) is 0 Å². The van der Waals surface area contributed by atoms with Crippen LogP contribution in [0.5, 0.6) is 0 Å². The highest BCUT2D eigenvalue weighted by atomic mass is 31.3. The van der Waals surface area contributed by atoms with Crippen molar-refractivity contribution in [3.63, 3.8) is 0 Å². The van der Waals surface area contributed by atoms with Gasteiger partial charge in [0.25, 0.3) is 0 Å². The van der Waals surface area contributed by atoms with E-state index < -0.39 is 251 Å². The molecule has 32 N–H and O–H groups in total. The van der Waals surface area contributed by atoms with Crippen molar-refractivity contribution in [1.82, 2.24) is 29.4 Å². The molecule has 54 nitrogen and oxygen atoms in total. The van der Waals surface area contributed by atoms with Crippen molar-refractivity contribution < 1.29 is 230 Å². The maximum Gasteiger partial charge on any atom is 0.355 e. The molecule has 0 aliphatic rings. The Morgan fingerprint density at radius 1 is 0.148 bits per heavy atom. The molecule has 0 fully saturated rings. The summed E-state index contributed by atoms with van der Waals surface area (Å²) in [4.78, 5) is 316. The van der Waals surface area contributed by atoms with Crippen molar-refractivity contribution in [1.29, 1.82) is 0 Å². The van der Waals surface area contributed by atoms with Gasteiger partial charge in [0.05, 0.1) is 0 Å². The minimum Gasteiger partial charge on any atom is -0.323 e. The van der Waals surface area contributed by atoms with Gasteiger partial charge in [-0.15, -0.1) is 0 Å². The lowest BCUT2D eigenvalue weighted by Crippen LogP contribution is -2.52. The Kier molecular flexibility index (Phi) is 31.5. The summed E-state index contributed by atoms with van der Waals surface area (Å²) in [5.41, 5.74) is -33.7. The molecular weight excluding hydrogens is 1560 g/mol. The number of hydrogen-bond donors (Lipinski definition) is 32. The Hall–Kier alpha value is 2.16. The first-order valence-corrected chi connectivity index (χ1v) is 48.1. The lowest BCUT2D eigenvalue weighted by molar-refractivity contribution is 0.120. The van der Waals surface area contributed by atoms with E-state index in [-0.39, 0.29) is 9.80 Å². The largest absolute Gasteiger partial charge is 0.355 e. The zero-order valence-corrected chi connectivity index (χ0v) is 56.7. The van der Waals surface area contributed by atoms with Crippen molar-refractivity contribution in [3.8, 4) is 0 Å². The predicted octanol–water partition coefficient (Wildman–Crippen LogP) is -8.09. The number of nitrogens with zero attached hydrogens (tertiary/aromatic N) is 6. The summed E-state index contributed by atoms with van der Waals surface area (Å²) in [7, 11) is -110. The topological polar surface area (TPSA) is 940 Å². The van der Waals surface area contributed by atoms with E-state index in [9.17, 15) is 230 Å². The fourth-order valence-electron chi connectivity index (χ4n) is 8.04. The van der Waals surface area contributed by atoms with Gasteiger partial charge in [-0.25, -0.2) is 0 Å². The van der Waals surface area contributed by atoms with E-state index in [1.807, 2.05) is 0 Å². The second-order valence-corrected chi connectivity index (χ2v) is 47.8. The van der Waals surface area contributed by atoms with Gasteiger partial charge >= 0.3 is 122 Å². The zero-order valence-electron chi connectivity index (χ0n) is 42.4. The summed E-state index contributed by atoms with van der Waals surface area (Å²) < 4.78 is 202. The Balaban J connectivity index is 9.63. The molecule has 70 heteroatoms. The van der Waals surface area contributed by atoms with Gasteiger partial charge in [0.2, 0.25) is 44.2 Å². The lowest BCUT2D eigenvalue weighted by Gasteiger charge is -2.41. The van der Waals surface area contributed by atoms with Crippen LogP contribution in [-0.2, 0) is 73.0 Å². The van der Waals surface area contributed by atoms with Crippen molar-refractivity contribution in [2.75, 3.05) is 65.4 Å². The highest BCUT2D eigenvalue weighted by Gasteiger charge is 2.63. The van der Waals surface area contributed by atoms with E-state index in [2.05, 4.69) is 0 Å². The molecule has 0 aliphatic heterocycles. The fraction of sp³-hybridized carbons (Fsp3) is 1.00. The van der Waals surface area contributed by atoms with Crippen LogP contribution >= 0.6 is 122 Å². The standard InChI is InChI=1S/C18H60N6O48P16/c25-73(26,27)11(74(28,29)30)21(12(75(31,32)33)76(34,35)36)7-3-19(4-8-22(13(77(37,38)39)78(40,41)42)14(79(43,44)45)80(46,47)48)1-2-20(5-9-23(15(81(49,50)51)82(52,53)54)16(83(55,56)57)84(58,59)60)6-10-24(17(85(61,62)63)86(64,65)66)18(87(67,68)69)88(70,71)72/h11-18H,1-10H2,(H2,25,26,27)(H2,28,29,30)(H2,31,32,33)(H2,34,35,36)(H2,37,38,39)(H2,40,41,42)(H2,43,44,45)(H2,46,47,48)(H2,49,50,51)(H2,52,53,54)(H2,55,56,57)(H2,58,59,60)(H2,61,62,63)(H2,64,65,66)(H2,67,68,69)(H2,70,71,72). The quantitative estimate of drug-likeness (QED) is 0.0254.